The van der Waals surface area contributed by atoms with E-state index in [0.717, 1.165) is 11.8 Å². The van der Waals surface area contributed by atoms with Crippen LogP contribution in [0, 0.1) is 17.8 Å². The highest BCUT2D eigenvalue weighted by Crippen LogP contribution is 2.33. The molecule has 1 saturated carbocycles. The first kappa shape index (κ1) is 12.1. The van der Waals surface area contributed by atoms with Crippen LogP contribution in [0.2, 0.25) is 0 Å². The van der Waals surface area contributed by atoms with Gasteiger partial charge < -0.3 is 0 Å². The summed E-state index contributed by atoms with van der Waals surface area (Å²) in [6.07, 6.45) is 11.5. The largest absolute Gasteiger partial charge is 0.0651 e. The van der Waals surface area contributed by atoms with E-state index in [2.05, 4.69) is 20.8 Å². The molecule has 0 nitrogen and oxygen atoms in total. The third-order valence-electron chi connectivity index (χ3n) is 3.52. The Morgan fingerprint density at radius 1 is 1.07 bits per heavy atom. The van der Waals surface area contributed by atoms with Crippen molar-refractivity contribution in [3.8, 4) is 0 Å². The van der Waals surface area contributed by atoms with Gasteiger partial charge in [-0.1, -0.05) is 46.5 Å². The van der Waals surface area contributed by atoms with Crippen LogP contribution >= 0.6 is 0 Å². The third kappa shape index (κ3) is 4.48. The second-order valence-electron chi connectivity index (χ2n) is 5.42. The second-order valence-corrected chi connectivity index (χ2v) is 5.42. The van der Waals surface area contributed by atoms with Crippen LogP contribution in [0.25, 0.3) is 0 Å². The Morgan fingerprint density at radius 3 is 2.21 bits per heavy atom. The summed E-state index contributed by atoms with van der Waals surface area (Å²) in [7, 11) is 0. The Balaban J connectivity index is 2.23. The van der Waals surface area contributed by atoms with E-state index in [-0.39, 0.29) is 0 Å². The molecule has 0 saturated heterocycles. The van der Waals surface area contributed by atoms with Gasteiger partial charge in [0.1, 0.15) is 0 Å². The van der Waals surface area contributed by atoms with Crippen LogP contribution in [0.3, 0.4) is 0 Å². The van der Waals surface area contributed by atoms with Gasteiger partial charge in [0, 0.05) is 0 Å². The number of hydrogen-bond acceptors (Lipinski definition) is 0. The zero-order chi connectivity index (χ0) is 10.4. The molecule has 83 valence electrons. The minimum atomic E-state index is 0.879. The van der Waals surface area contributed by atoms with Crippen LogP contribution in [0.5, 0.6) is 0 Å². The molecule has 0 aromatic carbocycles. The summed E-state index contributed by atoms with van der Waals surface area (Å²) in [4.78, 5) is 0. The Kier molecular flexibility index (Phi) is 5.59. The Labute approximate surface area is 90.5 Å². The topological polar surface area (TPSA) is 0 Å². The minimum absolute atomic E-state index is 0.879. The monoisotopic (exact) mass is 195 g/mol. The molecule has 0 heteroatoms. The van der Waals surface area contributed by atoms with E-state index in [0.29, 0.717) is 0 Å². The molecule has 0 N–H and O–H groups in total. The molecule has 0 spiro atoms. The molecule has 1 fully saturated rings. The fourth-order valence-electron chi connectivity index (χ4n) is 2.73. The van der Waals surface area contributed by atoms with Crippen LogP contribution in [0.15, 0.2) is 0 Å². The van der Waals surface area contributed by atoms with Gasteiger partial charge >= 0.3 is 0 Å². The van der Waals surface area contributed by atoms with Gasteiger partial charge in [-0.05, 0) is 43.4 Å². The van der Waals surface area contributed by atoms with Crippen LogP contribution in [0.4, 0.5) is 0 Å². The summed E-state index contributed by atoms with van der Waals surface area (Å²) >= 11 is 0. The van der Waals surface area contributed by atoms with Crippen LogP contribution < -0.4 is 0 Å². The molecule has 0 heterocycles. The van der Waals surface area contributed by atoms with E-state index >= 15 is 0 Å². The minimum Gasteiger partial charge on any atom is -0.0651 e. The molecule has 0 aromatic heterocycles. The zero-order valence-corrected chi connectivity index (χ0v) is 10.3. The van der Waals surface area contributed by atoms with E-state index in [1.165, 1.54) is 51.4 Å². The number of rotatable bonds is 5. The van der Waals surface area contributed by atoms with Gasteiger partial charge in [0.25, 0.3) is 0 Å². The molecule has 0 aromatic rings. The van der Waals surface area contributed by atoms with Crippen molar-refractivity contribution in [2.75, 3.05) is 0 Å². The van der Waals surface area contributed by atoms with Crippen molar-refractivity contribution in [3.63, 3.8) is 0 Å². The van der Waals surface area contributed by atoms with E-state index in [1.807, 2.05) is 5.92 Å². The van der Waals surface area contributed by atoms with Gasteiger partial charge in [-0.2, -0.15) is 0 Å². The lowest BCUT2D eigenvalue weighted by Crippen LogP contribution is -2.12. The summed E-state index contributed by atoms with van der Waals surface area (Å²) in [5, 5.41) is 0. The maximum Gasteiger partial charge on any atom is -0.0238 e. The first-order valence-electron chi connectivity index (χ1n) is 6.56. The van der Waals surface area contributed by atoms with Crippen molar-refractivity contribution in [2.24, 2.45) is 11.8 Å². The normalized spacial score (nSPS) is 21.4. The SMILES string of the molecule is CCC(C[C]1CCCCC1)CC(C)C. The predicted octanol–water partition coefficient (Wildman–Crippen LogP) is 4.99. The molecular weight excluding hydrogens is 168 g/mol. The standard InChI is InChI=1S/C14H27/c1-4-13(10-12(2)3)11-14-8-6-5-7-9-14/h12-13H,4-11H2,1-3H3. The highest BCUT2D eigenvalue weighted by atomic mass is 14.2. The molecule has 0 amide bonds. The zero-order valence-electron chi connectivity index (χ0n) is 10.3. The van der Waals surface area contributed by atoms with E-state index in [9.17, 15) is 0 Å². The third-order valence-corrected chi connectivity index (χ3v) is 3.52. The fraction of sp³-hybridized carbons (Fsp3) is 0.929. The molecule has 0 bridgehead atoms. The smallest absolute Gasteiger partial charge is 0.0238 e. The average Bonchev–Trinajstić information content (AvgIpc) is 2.17. The van der Waals surface area contributed by atoms with Gasteiger partial charge in [0.2, 0.25) is 0 Å². The molecule has 1 radical (unpaired) electrons. The first-order chi connectivity index (χ1) is 6.72. The molecule has 0 aliphatic heterocycles. The quantitative estimate of drug-likeness (QED) is 0.580. The molecule has 1 atom stereocenters. The second kappa shape index (κ2) is 6.48. The van der Waals surface area contributed by atoms with Crippen molar-refractivity contribution in [3.05, 3.63) is 5.92 Å². The van der Waals surface area contributed by atoms with Crippen molar-refractivity contribution in [2.45, 2.75) is 72.1 Å². The Hall–Kier alpha value is 0. The van der Waals surface area contributed by atoms with Crippen molar-refractivity contribution in [1.82, 2.24) is 0 Å². The highest BCUT2D eigenvalue weighted by Gasteiger charge is 2.18. The molecular formula is C14H27. The van der Waals surface area contributed by atoms with Crippen LogP contribution in [0.1, 0.15) is 72.1 Å². The lowest BCUT2D eigenvalue weighted by Gasteiger charge is -2.26. The molecule has 1 aliphatic carbocycles. The van der Waals surface area contributed by atoms with Gasteiger partial charge in [0.05, 0.1) is 0 Å². The van der Waals surface area contributed by atoms with Gasteiger partial charge in [-0.25, -0.2) is 0 Å². The van der Waals surface area contributed by atoms with Crippen molar-refractivity contribution < 1.29 is 0 Å². The van der Waals surface area contributed by atoms with E-state index < -0.39 is 0 Å². The van der Waals surface area contributed by atoms with E-state index in [4.69, 9.17) is 0 Å². The summed E-state index contributed by atoms with van der Waals surface area (Å²) in [5.41, 5.74) is 0. The summed E-state index contributed by atoms with van der Waals surface area (Å²) in [5.74, 6) is 3.73. The average molecular weight is 195 g/mol. The molecule has 1 aliphatic rings. The maximum atomic E-state index is 2.36. The summed E-state index contributed by atoms with van der Waals surface area (Å²) < 4.78 is 0. The Morgan fingerprint density at radius 2 is 1.71 bits per heavy atom. The predicted molar refractivity (Wildman–Crippen MR) is 64.2 cm³/mol. The fourth-order valence-corrected chi connectivity index (χ4v) is 2.73. The Bertz CT molecular complexity index is 131. The first-order valence-corrected chi connectivity index (χ1v) is 6.56. The van der Waals surface area contributed by atoms with Gasteiger partial charge in [-0.15, -0.1) is 0 Å². The maximum absolute atomic E-state index is 2.36. The van der Waals surface area contributed by atoms with Gasteiger partial charge in [-0.3, -0.25) is 0 Å². The summed E-state index contributed by atoms with van der Waals surface area (Å²) in [6.45, 7) is 7.07. The van der Waals surface area contributed by atoms with Crippen LogP contribution in [-0.4, -0.2) is 0 Å². The van der Waals surface area contributed by atoms with E-state index in [1.54, 1.807) is 0 Å². The van der Waals surface area contributed by atoms with Crippen molar-refractivity contribution >= 4 is 0 Å². The summed E-state index contributed by atoms with van der Waals surface area (Å²) in [6, 6.07) is 0. The molecule has 14 heavy (non-hydrogen) atoms. The highest BCUT2D eigenvalue weighted by molar-refractivity contribution is 4.93. The number of hydrogen-bond donors (Lipinski definition) is 0. The lowest BCUT2D eigenvalue weighted by atomic mass is 9.79. The molecule has 1 rings (SSSR count). The molecule has 1 unspecified atom stereocenters. The van der Waals surface area contributed by atoms with Crippen molar-refractivity contribution in [1.29, 1.82) is 0 Å². The van der Waals surface area contributed by atoms with Gasteiger partial charge in [0.15, 0.2) is 0 Å². The lowest BCUT2D eigenvalue weighted by molar-refractivity contribution is 0.356. The van der Waals surface area contributed by atoms with Crippen LogP contribution in [-0.2, 0) is 0 Å².